The van der Waals surface area contributed by atoms with Gasteiger partial charge in [0.2, 0.25) is 0 Å². The fraction of sp³-hybridized carbons (Fsp3) is 0.478. The van der Waals surface area contributed by atoms with Crippen LogP contribution in [0.15, 0.2) is 42.6 Å². The van der Waals surface area contributed by atoms with E-state index in [9.17, 15) is 0 Å². The summed E-state index contributed by atoms with van der Waals surface area (Å²) in [7, 11) is 2.18. The Hall–Kier alpha value is -2.40. The number of rotatable bonds is 3. The Morgan fingerprint density at radius 1 is 1.07 bits per heavy atom. The molecule has 1 fully saturated rings. The first-order valence-electron chi connectivity index (χ1n) is 10.4. The minimum absolute atomic E-state index is 0.0785. The van der Waals surface area contributed by atoms with Crippen molar-refractivity contribution in [1.82, 2.24) is 19.5 Å². The van der Waals surface area contributed by atoms with Crippen LogP contribution in [-0.4, -0.2) is 33.1 Å². The van der Waals surface area contributed by atoms with Crippen molar-refractivity contribution in [3.8, 4) is 5.75 Å². The molecule has 5 nitrogen and oxygen atoms in total. The van der Waals surface area contributed by atoms with Gasteiger partial charge in [0.25, 0.3) is 0 Å². The number of ether oxygens (including phenoxy) is 1. The van der Waals surface area contributed by atoms with E-state index in [1.165, 1.54) is 17.5 Å². The zero-order valence-corrected chi connectivity index (χ0v) is 16.9. The molecule has 146 valence electrons. The number of fused-ring (bicyclic) bond motifs is 2. The highest BCUT2D eigenvalue weighted by molar-refractivity contribution is 5.43. The van der Waals surface area contributed by atoms with Gasteiger partial charge in [-0.2, -0.15) is 0 Å². The maximum Gasteiger partial charge on any atom is 0.161 e. The van der Waals surface area contributed by atoms with Crippen molar-refractivity contribution in [2.24, 2.45) is 0 Å². The molecule has 5 rings (SSSR count). The average molecular weight is 377 g/mol. The molecule has 1 aromatic carbocycles. The Morgan fingerprint density at radius 3 is 2.68 bits per heavy atom. The van der Waals surface area contributed by atoms with Crippen LogP contribution in [0, 0.1) is 0 Å². The monoisotopic (exact) mass is 376 g/mol. The summed E-state index contributed by atoms with van der Waals surface area (Å²) in [5.74, 6) is 2.48. The third-order valence-electron chi connectivity index (χ3n) is 6.87. The SMILES string of the molecule is CC1CCC(Oc2ccc3nnc([C@]4(C)CCCN4C)n3c2)c2ccccc21. The molecular formula is C23H28N4O. The molecule has 1 aliphatic carbocycles. The van der Waals surface area contributed by atoms with E-state index in [4.69, 9.17) is 4.74 Å². The summed E-state index contributed by atoms with van der Waals surface area (Å²) in [5.41, 5.74) is 3.55. The smallest absolute Gasteiger partial charge is 0.161 e. The van der Waals surface area contributed by atoms with E-state index in [0.717, 1.165) is 43.0 Å². The van der Waals surface area contributed by atoms with Crippen LogP contribution in [-0.2, 0) is 5.54 Å². The van der Waals surface area contributed by atoms with Gasteiger partial charge >= 0.3 is 0 Å². The van der Waals surface area contributed by atoms with Crippen molar-refractivity contribution in [2.45, 2.75) is 57.1 Å². The van der Waals surface area contributed by atoms with Crippen molar-refractivity contribution in [3.63, 3.8) is 0 Å². The van der Waals surface area contributed by atoms with Gasteiger partial charge in [-0.15, -0.1) is 10.2 Å². The number of nitrogens with zero attached hydrogens (tertiary/aromatic N) is 4. The maximum atomic E-state index is 6.50. The third-order valence-corrected chi connectivity index (χ3v) is 6.87. The second kappa shape index (κ2) is 6.59. The molecule has 28 heavy (non-hydrogen) atoms. The van der Waals surface area contributed by atoms with Crippen molar-refractivity contribution in [3.05, 3.63) is 59.5 Å². The molecule has 0 spiro atoms. The number of hydrogen-bond donors (Lipinski definition) is 0. The molecule has 1 aliphatic heterocycles. The Balaban J connectivity index is 1.50. The standard InChI is InChI=1S/C23H28N4O/c1-16-9-11-20(19-8-5-4-7-18(16)19)28-17-10-12-21-24-25-22(27(21)15-17)23(2)13-6-14-26(23)3/h4-5,7-8,10,12,15-16,20H,6,9,11,13-14H2,1-3H3/t16?,20?,23-/m0/s1. The molecule has 0 amide bonds. The largest absolute Gasteiger partial charge is 0.484 e. The number of pyridine rings is 1. The summed E-state index contributed by atoms with van der Waals surface area (Å²) in [6, 6.07) is 12.7. The van der Waals surface area contributed by atoms with Gasteiger partial charge in [0, 0.05) is 0 Å². The lowest BCUT2D eigenvalue weighted by molar-refractivity contribution is 0.174. The summed E-state index contributed by atoms with van der Waals surface area (Å²) in [4.78, 5) is 2.38. The fourth-order valence-electron chi connectivity index (χ4n) is 4.94. The van der Waals surface area contributed by atoms with E-state index in [0.29, 0.717) is 5.92 Å². The highest BCUT2D eigenvalue weighted by Crippen LogP contribution is 2.40. The van der Waals surface area contributed by atoms with Crippen LogP contribution in [0.1, 0.15) is 68.5 Å². The summed E-state index contributed by atoms with van der Waals surface area (Å²) in [6.07, 6.45) is 6.67. The summed E-state index contributed by atoms with van der Waals surface area (Å²) in [6.45, 7) is 5.67. The lowest BCUT2D eigenvalue weighted by Crippen LogP contribution is -2.37. The van der Waals surface area contributed by atoms with Crippen LogP contribution in [0.5, 0.6) is 5.75 Å². The minimum atomic E-state index is -0.0785. The second-order valence-corrected chi connectivity index (χ2v) is 8.63. The Morgan fingerprint density at radius 2 is 1.89 bits per heavy atom. The van der Waals surface area contributed by atoms with Crippen molar-refractivity contribution in [2.75, 3.05) is 13.6 Å². The highest BCUT2D eigenvalue weighted by Gasteiger charge is 2.39. The van der Waals surface area contributed by atoms with Gasteiger partial charge in [0.05, 0.1) is 11.7 Å². The normalized spacial score (nSPS) is 27.8. The third kappa shape index (κ3) is 2.72. The zero-order valence-electron chi connectivity index (χ0n) is 16.9. The lowest BCUT2D eigenvalue weighted by Gasteiger charge is -2.31. The zero-order chi connectivity index (χ0) is 19.3. The lowest BCUT2D eigenvalue weighted by atomic mass is 9.82. The van der Waals surface area contributed by atoms with E-state index in [2.05, 4.69) is 70.9 Å². The highest BCUT2D eigenvalue weighted by atomic mass is 16.5. The molecule has 3 aromatic rings. The van der Waals surface area contributed by atoms with Gasteiger partial charge in [-0.25, -0.2) is 0 Å². The van der Waals surface area contributed by atoms with Crippen LogP contribution in [0.4, 0.5) is 0 Å². The quantitative estimate of drug-likeness (QED) is 0.665. The summed E-state index contributed by atoms with van der Waals surface area (Å²) < 4.78 is 8.61. The van der Waals surface area contributed by atoms with Gasteiger partial charge in [-0.1, -0.05) is 31.2 Å². The number of hydrogen-bond acceptors (Lipinski definition) is 4. The molecular weight excluding hydrogens is 348 g/mol. The van der Waals surface area contributed by atoms with Gasteiger partial charge in [0.15, 0.2) is 11.5 Å². The molecule has 1 saturated heterocycles. The molecule has 0 radical (unpaired) electrons. The first kappa shape index (κ1) is 17.7. The first-order valence-corrected chi connectivity index (χ1v) is 10.4. The number of likely N-dealkylation sites (tertiary alicyclic amines) is 1. The number of benzene rings is 1. The van der Waals surface area contributed by atoms with E-state index < -0.39 is 0 Å². The van der Waals surface area contributed by atoms with Gasteiger partial charge in [-0.05, 0) is 75.4 Å². The second-order valence-electron chi connectivity index (χ2n) is 8.63. The van der Waals surface area contributed by atoms with Gasteiger partial charge < -0.3 is 4.74 Å². The van der Waals surface area contributed by atoms with E-state index >= 15 is 0 Å². The van der Waals surface area contributed by atoms with Crippen molar-refractivity contribution < 1.29 is 4.74 Å². The van der Waals surface area contributed by atoms with Crippen molar-refractivity contribution >= 4 is 5.65 Å². The maximum absolute atomic E-state index is 6.50. The molecule has 3 atom stereocenters. The summed E-state index contributed by atoms with van der Waals surface area (Å²) >= 11 is 0. The van der Waals surface area contributed by atoms with Crippen LogP contribution in [0.3, 0.4) is 0 Å². The Bertz CT molecular complexity index is 1010. The number of aromatic nitrogens is 3. The first-order chi connectivity index (χ1) is 13.6. The van der Waals surface area contributed by atoms with Crippen LogP contribution in [0.25, 0.3) is 5.65 Å². The van der Waals surface area contributed by atoms with E-state index in [1.54, 1.807) is 0 Å². The fourth-order valence-corrected chi connectivity index (χ4v) is 4.94. The van der Waals surface area contributed by atoms with Gasteiger partial charge in [-0.3, -0.25) is 9.30 Å². The van der Waals surface area contributed by atoms with E-state index in [1.807, 2.05) is 12.1 Å². The molecule has 2 unspecified atom stereocenters. The Labute approximate surface area is 166 Å². The molecule has 3 heterocycles. The van der Waals surface area contributed by atoms with Crippen LogP contribution >= 0.6 is 0 Å². The predicted molar refractivity (Wildman–Crippen MR) is 110 cm³/mol. The molecule has 0 saturated carbocycles. The molecule has 0 bridgehead atoms. The van der Waals surface area contributed by atoms with Crippen LogP contribution in [0.2, 0.25) is 0 Å². The molecule has 2 aromatic heterocycles. The van der Waals surface area contributed by atoms with Crippen LogP contribution < -0.4 is 4.74 Å². The van der Waals surface area contributed by atoms with Crippen molar-refractivity contribution in [1.29, 1.82) is 0 Å². The molecule has 5 heteroatoms. The predicted octanol–water partition coefficient (Wildman–Crippen LogP) is 4.69. The summed E-state index contributed by atoms with van der Waals surface area (Å²) in [5, 5.41) is 8.96. The van der Waals surface area contributed by atoms with Gasteiger partial charge in [0.1, 0.15) is 11.9 Å². The minimum Gasteiger partial charge on any atom is -0.484 e. The molecule has 0 N–H and O–H groups in total. The Kier molecular flexibility index (Phi) is 4.16. The average Bonchev–Trinajstić information content (AvgIpc) is 3.28. The topological polar surface area (TPSA) is 42.7 Å². The molecule has 2 aliphatic rings. The van der Waals surface area contributed by atoms with E-state index in [-0.39, 0.29) is 11.6 Å².